The molecule has 0 aliphatic heterocycles. The van der Waals surface area contributed by atoms with Crippen molar-refractivity contribution >= 4 is 0 Å². The number of phenols is 2. The summed E-state index contributed by atoms with van der Waals surface area (Å²) in [6, 6.07) is 0.394. The van der Waals surface area contributed by atoms with Gasteiger partial charge in [0.15, 0.2) is 11.5 Å². The lowest BCUT2D eigenvalue weighted by Gasteiger charge is -2.16. The molecule has 0 fully saturated rings. The topological polar surface area (TPSA) is 40.5 Å². The van der Waals surface area contributed by atoms with Crippen molar-refractivity contribution in [2.24, 2.45) is 0 Å². The molecule has 0 saturated heterocycles. The lowest BCUT2D eigenvalue weighted by Crippen LogP contribution is -2.16. The molecule has 1 aromatic rings. The summed E-state index contributed by atoms with van der Waals surface area (Å²) >= 11 is 0. The SMILES string of the molecule is Oc1ccc(C(F)(F)F)c(C(F)(F)F)c1O. The van der Waals surface area contributed by atoms with Crippen LogP contribution in [-0.2, 0) is 12.4 Å². The van der Waals surface area contributed by atoms with Crippen LogP contribution in [0.1, 0.15) is 11.1 Å². The van der Waals surface area contributed by atoms with Crippen LogP contribution in [0, 0.1) is 0 Å². The summed E-state index contributed by atoms with van der Waals surface area (Å²) in [5.74, 6) is -3.09. The number of hydrogen-bond donors (Lipinski definition) is 2. The second-order valence-corrected chi connectivity index (χ2v) is 2.85. The van der Waals surface area contributed by atoms with E-state index < -0.39 is 35.0 Å². The number of phenolic OH excluding ortho intramolecular Hbond substituents is 2. The van der Waals surface area contributed by atoms with Crippen LogP contribution < -0.4 is 0 Å². The van der Waals surface area contributed by atoms with Gasteiger partial charge in [-0.25, -0.2) is 0 Å². The standard InChI is InChI=1S/C8H4F6O2/c9-7(10,11)3-1-2-4(15)6(16)5(3)8(12,13)14/h1-2,15-16H. The summed E-state index contributed by atoms with van der Waals surface area (Å²) in [6.07, 6.45) is -10.7. The Kier molecular flexibility index (Phi) is 2.70. The van der Waals surface area contributed by atoms with Gasteiger partial charge in [0.25, 0.3) is 0 Å². The van der Waals surface area contributed by atoms with Gasteiger partial charge in [-0.3, -0.25) is 0 Å². The molecule has 0 aliphatic rings. The predicted molar refractivity (Wildman–Crippen MR) is 39.8 cm³/mol. The molecule has 8 heteroatoms. The van der Waals surface area contributed by atoms with E-state index in [1.165, 1.54) is 0 Å². The van der Waals surface area contributed by atoms with Gasteiger partial charge in [-0.1, -0.05) is 0 Å². The molecule has 2 N–H and O–H groups in total. The molecule has 0 aromatic heterocycles. The average Bonchev–Trinajstić information content (AvgIpc) is 2.05. The minimum atomic E-state index is -5.41. The van der Waals surface area contributed by atoms with Crippen LogP contribution in [0.15, 0.2) is 12.1 Å². The maximum Gasteiger partial charge on any atom is 0.420 e. The van der Waals surface area contributed by atoms with Crippen LogP contribution in [0.3, 0.4) is 0 Å². The van der Waals surface area contributed by atoms with Crippen molar-refractivity contribution in [3.05, 3.63) is 23.3 Å². The molecule has 0 bridgehead atoms. The van der Waals surface area contributed by atoms with E-state index in [1.807, 2.05) is 0 Å². The zero-order valence-electron chi connectivity index (χ0n) is 7.32. The Hall–Kier alpha value is -1.60. The van der Waals surface area contributed by atoms with Gasteiger partial charge in [0.1, 0.15) is 5.56 Å². The summed E-state index contributed by atoms with van der Waals surface area (Å²) in [7, 11) is 0. The Morgan fingerprint density at radius 2 is 1.31 bits per heavy atom. The van der Waals surface area contributed by atoms with E-state index in [4.69, 9.17) is 10.2 Å². The molecule has 0 radical (unpaired) electrons. The molecule has 0 atom stereocenters. The largest absolute Gasteiger partial charge is 0.504 e. The van der Waals surface area contributed by atoms with E-state index in [2.05, 4.69) is 0 Å². The van der Waals surface area contributed by atoms with Crippen molar-refractivity contribution in [2.75, 3.05) is 0 Å². The highest BCUT2D eigenvalue weighted by molar-refractivity contribution is 5.51. The Morgan fingerprint density at radius 3 is 1.69 bits per heavy atom. The van der Waals surface area contributed by atoms with Crippen LogP contribution in [-0.4, -0.2) is 10.2 Å². The minimum Gasteiger partial charge on any atom is -0.504 e. The Morgan fingerprint density at radius 1 is 0.812 bits per heavy atom. The Balaban J connectivity index is 3.59. The summed E-state index contributed by atoms with van der Waals surface area (Å²) in [4.78, 5) is 0. The molecule has 90 valence electrons. The Labute approximate surface area is 84.7 Å². The number of aromatic hydroxyl groups is 2. The van der Waals surface area contributed by atoms with Gasteiger partial charge in [-0.15, -0.1) is 0 Å². The maximum absolute atomic E-state index is 12.2. The first-order chi connectivity index (χ1) is 7.05. The van der Waals surface area contributed by atoms with Crippen LogP contribution in [0.5, 0.6) is 11.5 Å². The molecule has 0 unspecified atom stereocenters. The monoisotopic (exact) mass is 246 g/mol. The second kappa shape index (κ2) is 3.46. The van der Waals surface area contributed by atoms with E-state index in [-0.39, 0.29) is 6.07 Å². The van der Waals surface area contributed by atoms with Crippen LogP contribution in [0.4, 0.5) is 26.3 Å². The molecule has 16 heavy (non-hydrogen) atoms. The lowest BCUT2D eigenvalue weighted by atomic mass is 10.0. The van der Waals surface area contributed by atoms with Crippen molar-refractivity contribution < 1.29 is 36.6 Å². The van der Waals surface area contributed by atoms with Crippen molar-refractivity contribution in [1.82, 2.24) is 0 Å². The highest BCUT2D eigenvalue weighted by Gasteiger charge is 2.46. The number of halogens is 6. The van der Waals surface area contributed by atoms with Crippen LogP contribution in [0.2, 0.25) is 0 Å². The van der Waals surface area contributed by atoms with Gasteiger partial charge in [-0.05, 0) is 12.1 Å². The summed E-state index contributed by atoms with van der Waals surface area (Å²) in [5, 5.41) is 17.5. The second-order valence-electron chi connectivity index (χ2n) is 2.85. The summed E-state index contributed by atoms with van der Waals surface area (Å²) < 4.78 is 73.3. The zero-order chi connectivity index (χ0) is 12.7. The van der Waals surface area contributed by atoms with E-state index in [0.29, 0.717) is 6.07 Å². The molecule has 0 spiro atoms. The third kappa shape index (κ3) is 2.15. The fraction of sp³-hybridized carbons (Fsp3) is 0.250. The molecule has 0 amide bonds. The third-order valence-electron chi connectivity index (χ3n) is 1.75. The smallest absolute Gasteiger partial charge is 0.420 e. The van der Waals surface area contributed by atoms with E-state index in [9.17, 15) is 26.3 Å². The molecule has 1 rings (SSSR count). The number of rotatable bonds is 0. The van der Waals surface area contributed by atoms with Crippen LogP contribution >= 0.6 is 0 Å². The quantitative estimate of drug-likeness (QED) is 0.545. The van der Waals surface area contributed by atoms with Gasteiger partial charge >= 0.3 is 12.4 Å². The first kappa shape index (κ1) is 12.5. The number of hydrogen-bond acceptors (Lipinski definition) is 2. The van der Waals surface area contributed by atoms with Crippen molar-refractivity contribution in [1.29, 1.82) is 0 Å². The highest BCUT2D eigenvalue weighted by Crippen LogP contribution is 2.47. The number of benzene rings is 1. The minimum absolute atomic E-state index is 0.0534. The Bertz CT molecular complexity index is 406. The molecular formula is C8H4F6O2. The fourth-order valence-corrected chi connectivity index (χ4v) is 1.10. The van der Waals surface area contributed by atoms with E-state index in [0.717, 1.165) is 0 Å². The summed E-state index contributed by atoms with van der Waals surface area (Å²) in [5.41, 5.74) is -4.34. The zero-order valence-corrected chi connectivity index (χ0v) is 7.32. The van der Waals surface area contributed by atoms with Crippen molar-refractivity contribution in [2.45, 2.75) is 12.4 Å². The molecule has 0 aliphatic carbocycles. The van der Waals surface area contributed by atoms with Crippen molar-refractivity contribution in [3.63, 3.8) is 0 Å². The van der Waals surface area contributed by atoms with Gasteiger partial charge < -0.3 is 10.2 Å². The van der Waals surface area contributed by atoms with E-state index in [1.54, 1.807) is 0 Å². The van der Waals surface area contributed by atoms with Crippen LogP contribution in [0.25, 0.3) is 0 Å². The molecule has 0 heterocycles. The normalized spacial score (nSPS) is 12.9. The van der Waals surface area contributed by atoms with E-state index >= 15 is 0 Å². The van der Waals surface area contributed by atoms with Gasteiger partial charge in [0.05, 0.1) is 5.56 Å². The first-order valence-corrected chi connectivity index (χ1v) is 3.74. The van der Waals surface area contributed by atoms with Crippen molar-refractivity contribution in [3.8, 4) is 11.5 Å². The third-order valence-corrected chi connectivity index (χ3v) is 1.75. The maximum atomic E-state index is 12.2. The fourth-order valence-electron chi connectivity index (χ4n) is 1.10. The van der Waals surface area contributed by atoms with Gasteiger partial charge in [0, 0.05) is 0 Å². The molecule has 1 aromatic carbocycles. The van der Waals surface area contributed by atoms with Gasteiger partial charge in [0.2, 0.25) is 0 Å². The number of alkyl halides is 6. The lowest BCUT2D eigenvalue weighted by molar-refractivity contribution is -0.163. The first-order valence-electron chi connectivity index (χ1n) is 3.74. The average molecular weight is 246 g/mol. The molecule has 2 nitrogen and oxygen atoms in total. The van der Waals surface area contributed by atoms with Gasteiger partial charge in [-0.2, -0.15) is 26.3 Å². The highest BCUT2D eigenvalue weighted by atomic mass is 19.4. The predicted octanol–water partition coefficient (Wildman–Crippen LogP) is 3.14. The molecule has 0 saturated carbocycles. The molecular weight excluding hydrogens is 242 g/mol. The summed E-state index contributed by atoms with van der Waals surface area (Å²) in [6.45, 7) is 0.